The lowest BCUT2D eigenvalue weighted by Crippen LogP contribution is -2.27. The predicted molar refractivity (Wildman–Crippen MR) is 116 cm³/mol. The van der Waals surface area contributed by atoms with E-state index in [1.165, 1.54) is 17.7 Å². The normalized spacial score (nSPS) is 15.0. The molecule has 2 amide bonds. The molecule has 30 heavy (non-hydrogen) atoms. The van der Waals surface area contributed by atoms with Crippen LogP contribution in [0.25, 0.3) is 10.2 Å². The second-order valence-electron chi connectivity index (χ2n) is 7.43. The minimum absolute atomic E-state index is 0.155. The SMILES string of the molecule is Cc1c(C(=O)NC(C)c2ccco2)sc2ncnc(NCCCN3CCCC3=O)c12. The fraction of sp³-hybridized carbons (Fsp3) is 0.429. The first-order valence-electron chi connectivity index (χ1n) is 10.1. The highest BCUT2D eigenvalue weighted by molar-refractivity contribution is 7.20. The van der Waals surface area contributed by atoms with Crippen molar-refractivity contribution in [3.05, 3.63) is 40.9 Å². The number of fused-ring (bicyclic) bond motifs is 1. The molecule has 9 heteroatoms. The number of rotatable bonds is 8. The topological polar surface area (TPSA) is 100 Å². The monoisotopic (exact) mass is 427 g/mol. The number of nitrogens with one attached hydrogen (secondary N) is 2. The summed E-state index contributed by atoms with van der Waals surface area (Å²) < 4.78 is 5.37. The Morgan fingerprint density at radius 3 is 3.00 bits per heavy atom. The van der Waals surface area contributed by atoms with Crippen LogP contribution in [0.4, 0.5) is 5.82 Å². The molecule has 1 fully saturated rings. The lowest BCUT2D eigenvalue weighted by Gasteiger charge is -2.15. The number of furan rings is 1. The zero-order valence-corrected chi connectivity index (χ0v) is 17.9. The van der Waals surface area contributed by atoms with Gasteiger partial charge in [-0.1, -0.05) is 0 Å². The van der Waals surface area contributed by atoms with Crippen molar-refractivity contribution in [1.82, 2.24) is 20.2 Å². The summed E-state index contributed by atoms with van der Waals surface area (Å²) in [5, 5.41) is 7.20. The predicted octanol–water partition coefficient (Wildman–Crippen LogP) is 3.51. The Kier molecular flexibility index (Phi) is 5.98. The molecule has 0 saturated carbocycles. The maximum atomic E-state index is 12.8. The molecular weight excluding hydrogens is 402 g/mol. The number of aromatic nitrogens is 2. The quantitative estimate of drug-likeness (QED) is 0.534. The van der Waals surface area contributed by atoms with Crippen LogP contribution in [0.3, 0.4) is 0 Å². The van der Waals surface area contributed by atoms with E-state index >= 15 is 0 Å². The Hall–Kier alpha value is -2.94. The van der Waals surface area contributed by atoms with Gasteiger partial charge in [-0.05, 0) is 44.4 Å². The first kappa shape index (κ1) is 20.3. The van der Waals surface area contributed by atoms with Crippen molar-refractivity contribution in [3.8, 4) is 0 Å². The Morgan fingerprint density at radius 1 is 1.40 bits per heavy atom. The van der Waals surface area contributed by atoms with Crippen LogP contribution in [0, 0.1) is 6.92 Å². The van der Waals surface area contributed by atoms with Crippen LogP contribution in [-0.2, 0) is 4.79 Å². The molecule has 0 aliphatic carbocycles. The lowest BCUT2D eigenvalue weighted by atomic mass is 10.2. The molecule has 4 rings (SSSR count). The zero-order valence-electron chi connectivity index (χ0n) is 17.1. The maximum absolute atomic E-state index is 12.8. The van der Waals surface area contributed by atoms with E-state index in [4.69, 9.17) is 4.42 Å². The molecule has 1 aliphatic rings. The Balaban J connectivity index is 1.44. The van der Waals surface area contributed by atoms with E-state index in [0.29, 0.717) is 23.6 Å². The summed E-state index contributed by atoms with van der Waals surface area (Å²) in [7, 11) is 0. The summed E-state index contributed by atoms with van der Waals surface area (Å²) in [4.78, 5) is 36.6. The number of hydrogen-bond donors (Lipinski definition) is 2. The molecule has 2 N–H and O–H groups in total. The molecule has 3 aromatic rings. The molecule has 1 saturated heterocycles. The number of amides is 2. The Bertz CT molecular complexity index is 1050. The van der Waals surface area contributed by atoms with E-state index in [9.17, 15) is 9.59 Å². The van der Waals surface area contributed by atoms with E-state index in [0.717, 1.165) is 47.5 Å². The van der Waals surface area contributed by atoms with Gasteiger partial charge in [0.15, 0.2) is 0 Å². The third-order valence-electron chi connectivity index (χ3n) is 5.32. The molecule has 1 aliphatic heterocycles. The van der Waals surface area contributed by atoms with Crippen LogP contribution in [-0.4, -0.2) is 46.3 Å². The van der Waals surface area contributed by atoms with Crippen molar-refractivity contribution in [3.63, 3.8) is 0 Å². The minimum Gasteiger partial charge on any atom is -0.467 e. The smallest absolute Gasteiger partial charge is 0.262 e. The summed E-state index contributed by atoms with van der Waals surface area (Å²) in [5.41, 5.74) is 0.858. The second-order valence-corrected chi connectivity index (χ2v) is 8.43. The number of carbonyl (C=O) groups is 2. The second kappa shape index (κ2) is 8.83. The molecular formula is C21H25N5O3S. The molecule has 0 bridgehead atoms. The molecule has 3 aromatic heterocycles. The lowest BCUT2D eigenvalue weighted by molar-refractivity contribution is -0.127. The Labute approximate surface area is 178 Å². The summed E-state index contributed by atoms with van der Waals surface area (Å²) in [6.07, 6.45) is 5.57. The summed E-state index contributed by atoms with van der Waals surface area (Å²) in [5.74, 6) is 1.52. The van der Waals surface area contributed by atoms with Gasteiger partial charge in [-0.3, -0.25) is 9.59 Å². The molecule has 4 heterocycles. The van der Waals surface area contributed by atoms with E-state index in [1.54, 1.807) is 12.3 Å². The van der Waals surface area contributed by atoms with Crippen LogP contribution >= 0.6 is 11.3 Å². The van der Waals surface area contributed by atoms with Crippen LogP contribution in [0.15, 0.2) is 29.1 Å². The fourth-order valence-corrected chi connectivity index (χ4v) is 4.76. The number of thiophene rings is 1. The fourth-order valence-electron chi connectivity index (χ4n) is 3.71. The number of carbonyl (C=O) groups excluding carboxylic acids is 2. The standard InChI is InChI=1S/C21H25N5O3S/c1-13-17-19(22-8-5-10-26-9-3-7-16(26)27)23-12-24-21(17)30-18(13)20(28)25-14(2)15-6-4-11-29-15/h4,6,11-12,14H,3,5,7-10H2,1-2H3,(H,25,28)(H,22,23,24). The molecule has 158 valence electrons. The number of likely N-dealkylation sites (tertiary alicyclic amines) is 1. The van der Waals surface area contributed by atoms with Gasteiger partial charge in [-0.15, -0.1) is 11.3 Å². The highest BCUT2D eigenvalue weighted by Gasteiger charge is 2.22. The molecule has 1 unspecified atom stereocenters. The average Bonchev–Trinajstić information content (AvgIpc) is 3.47. The zero-order chi connectivity index (χ0) is 21.1. The van der Waals surface area contributed by atoms with Crippen LogP contribution in [0.2, 0.25) is 0 Å². The maximum Gasteiger partial charge on any atom is 0.262 e. The van der Waals surface area contributed by atoms with Gasteiger partial charge in [0.25, 0.3) is 5.91 Å². The molecule has 0 spiro atoms. The molecule has 8 nitrogen and oxygen atoms in total. The van der Waals surface area contributed by atoms with Crippen molar-refractivity contribution in [2.75, 3.05) is 25.0 Å². The number of aryl methyl sites for hydroxylation is 1. The van der Waals surface area contributed by atoms with Gasteiger partial charge in [-0.25, -0.2) is 9.97 Å². The summed E-state index contributed by atoms with van der Waals surface area (Å²) >= 11 is 1.36. The molecule has 1 atom stereocenters. The van der Waals surface area contributed by atoms with Crippen LogP contribution in [0.5, 0.6) is 0 Å². The highest BCUT2D eigenvalue weighted by Crippen LogP contribution is 2.33. The minimum atomic E-state index is -0.228. The van der Waals surface area contributed by atoms with E-state index in [-0.39, 0.29) is 17.9 Å². The van der Waals surface area contributed by atoms with Gasteiger partial charge in [0.2, 0.25) is 5.91 Å². The van der Waals surface area contributed by atoms with Gasteiger partial charge in [-0.2, -0.15) is 0 Å². The van der Waals surface area contributed by atoms with Crippen molar-refractivity contribution < 1.29 is 14.0 Å². The van der Waals surface area contributed by atoms with Gasteiger partial charge >= 0.3 is 0 Å². The first-order chi connectivity index (χ1) is 14.5. The molecule has 0 aromatic carbocycles. The van der Waals surface area contributed by atoms with Gasteiger partial charge in [0.1, 0.15) is 22.7 Å². The van der Waals surface area contributed by atoms with Crippen molar-refractivity contribution in [2.45, 2.75) is 39.2 Å². The van der Waals surface area contributed by atoms with E-state index < -0.39 is 0 Å². The van der Waals surface area contributed by atoms with Gasteiger partial charge in [0.05, 0.1) is 22.6 Å². The average molecular weight is 428 g/mol. The summed E-state index contributed by atoms with van der Waals surface area (Å²) in [6.45, 7) is 6.11. The highest BCUT2D eigenvalue weighted by atomic mass is 32.1. The van der Waals surface area contributed by atoms with Crippen LogP contribution < -0.4 is 10.6 Å². The Morgan fingerprint density at radius 2 is 2.27 bits per heavy atom. The first-order valence-corrected chi connectivity index (χ1v) is 11.0. The number of anilines is 1. The van der Waals surface area contributed by atoms with Crippen LogP contribution in [0.1, 0.15) is 53.2 Å². The van der Waals surface area contributed by atoms with Gasteiger partial charge < -0.3 is 20.0 Å². The summed E-state index contributed by atoms with van der Waals surface area (Å²) in [6, 6.07) is 3.41. The molecule has 0 radical (unpaired) electrons. The van der Waals surface area contributed by atoms with Crippen molar-refractivity contribution >= 4 is 39.2 Å². The van der Waals surface area contributed by atoms with Gasteiger partial charge in [0, 0.05) is 26.1 Å². The van der Waals surface area contributed by atoms with E-state index in [1.807, 2.05) is 24.8 Å². The third kappa shape index (κ3) is 4.16. The largest absolute Gasteiger partial charge is 0.467 e. The van der Waals surface area contributed by atoms with Crippen molar-refractivity contribution in [1.29, 1.82) is 0 Å². The third-order valence-corrected chi connectivity index (χ3v) is 6.52. The number of hydrogen-bond acceptors (Lipinski definition) is 7. The number of nitrogens with zero attached hydrogens (tertiary/aromatic N) is 3. The van der Waals surface area contributed by atoms with Crippen molar-refractivity contribution in [2.24, 2.45) is 0 Å². The van der Waals surface area contributed by atoms with E-state index in [2.05, 4.69) is 20.6 Å².